The maximum atomic E-state index is 9.35. The zero-order valence-corrected chi connectivity index (χ0v) is 11.6. The fourth-order valence-corrected chi connectivity index (χ4v) is 2.95. The highest BCUT2D eigenvalue weighted by atomic mass is 15.2. The molecule has 0 aliphatic carbocycles. The van der Waals surface area contributed by atoms with E-state index in [1.165, 1.54) is 0 Å². The van der Waals surface area contributed by atoms with Gasteiger partial charge in [0, 0.05) is 24.0 Å². The number of para-hydroxylation sites is 1. The number of anilines is 1. The second-order valence-corrected chi connectivity index (χ2v) is 5.48. The molecule has 2 unspecified atom stereocenters. The van der Waals surface area contributed by atoms with Gasteiger partial charge in [0.2, 0.25) is 0 Å². The molecule has 2 N–H and O–H groups in total. The van der Waals surface area contributed by atoms with Crippen LogP contribution >= 0.6 is 0 Å². The molecule has 1 saturated heterocycles. The SMILES string of the molecule is CC1CC(N)CCN1c1cc(C#N)c2ccccc2n1. The standard InChI is InChI=1S/C16H18N4/c1-11-8-13(18)6-7-20(11)16-9-12(10-17)14-4-2-3-5-15(14)19-16/h2-5,9,11,13H,6-8,18H2,1H3. The van der Waals surface area contributed by atoms with E-state index in [0.717, 1.165) is 36.1 Å². The van der Waals surface area contributed by atoms with Gasteiger partial charge in [-0.1, -0.05) is 18.2 Å². The molecule has 0 radical (unpaired) electrons. The number of nitrogens with zero attached hydrogens (tertiary/aromatic N) is 3. The van der Waals surface area contributed by atoms with Crippen LogP contribution in [-0.2, 0) is 0 Å². The average Bonchev–Trinajstić information content (AvgIpc) is 2.46. The summed E-state index contributed by atoms with van der Waals surface area (Å²) in [5.74, 6) is 0.889. The summed E-state index contributed by atoms with van der Waals surface area (Å²) < 4.78 is 0. The van der Waals surface area contributed by atoms with E-state index in [2.05, 4.69) is 17.9 Å². The molecular formula is C16H18N4. The maximum Gasteiger partial charge on any atom is 0.130 e. The molecule has 20 heavy (non-hydrogen) atoms. The summed E-state index contributed by atoms with van der Waals surface area (Å²) in [6.45, 7) is 3.07. The molecule has 1 aliphatic rings. The molecule has 2 heterocycles. The highest BCUT2D eigenvalue weighted by Gasteiger charge is 2.24. The lowest BCUT2D eigenvalue weighted by molar-refractivity contribution is 0.427. The van der Waals surface area contributed by atoms with Crippen LogP contribution in [0.5, 0.6) is 0 Å². The van der Waals surface area contributed by atoms with Gasteiger partial charge in [-0.3, -0.25) is 0 Å². The molecule has 0 amide bonds. The van der Waals surface area contributed by atoms with E-state index in [1.54, 1.807) is 0 Å². The number of fused-ring (bicyclic) bond motifs is 1. The third-order valence-electron chi connectivity index (χ3n) is 4.03. The summed E-state index contributed by atoms with van der Waals surface area (Å²) in [4.78, 5) is 6.98. The fraction of sp³-hybridized carbons (Fsp3) is 0.375. The number of pyridine rings is 1. The zero-order valence-electron chi connectivity index (χ0n) is 11.6. The average molecular weight is 266 g/mol. The van der Waals surface area contributed by atoms with Crippen LogP contribution in [-0.4, -0.2) is 23.6 Å². The molecule has 0 spiro atoms. The Kier molecular flexibility index (Phi) is 3.29. The number of nitriles is 1. The van der Waals surface area contributed by atoms with Gasteiger partial charge in [-0.15, -0.1) is 0 Å². The van der Waals surface area contributed by atoms with Crippen LogP contribution in [0, 0.1) is 11.3 Å². The number of nitrogens with two attached hydrogens (primary N) is 1. The maximum absolute atomic E-state index is 9.35. The smallest absolute Gasteiger partial charge is 0.130 e. The van der Waals surface area contributed by atoms with Gasteiger partial charge in [0.1, 0.15) is 5.82 Å². The molecule has 3 rings (SSSR count). The second kappa shape index (κ2) is 5.10. The largest absolute Gasteiger partial charge is 0.354 e. The van der Waals surface area contributed by atoms with Crippen LogP contribution in [0.3, 0.4) is 0 Å². The Balaban J connectivity index is 2.06. The van der Waals surface area contributed by atoms with E-state index in [-0.39, 0.29) is 6.04 Å². The highest BCUT2D eigenvalue weighted by molar-refractivity contribution is 5.86. The van der Waals surface area contributed by atoms with E-state index in [0.29, 0.717) is 11.6 Å². The van der Waals surface area contributed by atoms with Gasteiger partial charge >= 0.3 is 0 Å². The van der Waals surface area contributed by atoms with Crippen LogP contribution in [0.25, 0.3) is 10.9 Å². The minimum Gasteiger partial charge on any atom is -0.354 e. The number of rotatable bonds is 1. The minimum absolute atomic E-state index is 0.275. The number of hydrogen-bond donors (Lipinski definition) is 1. The van der Waals surface area contributed by atoms with Crippen LogP contribution in [0.4, 0.5) is 5.82 Å². The van der Waals surface area contributed by atoms with Crippen LogP contribution in [0.1, 0.15) is 25.3 Å². The van der Waals surface area contributed by atoms with Gasteiger partial charge in [0.05, 0.1) is 17.1 Å². The molecule has 102 valence electrons. The number of benzene rings is 1. The van der Waals surface area contributed by atoms with Gasteiger partial charge in [0.25, 0.3) is 0 Å². The van der Waals surface area contributed by atoms with Crippen LogP contribution in [0.15, 0.2) is 30.3 Å². The molecule has 4 heteroatoms. The van der Waals surface area contributed by atoms with E-state index in [9.17, 15) is 5.26 Å². The van der Waals surface area contributed by atoms with Gasteiger partial charge < -0.3 is 10.6 Å². The Bertz CT molecular complexity index is 674. The first-order valence-corrected chi connectivity index (χ1v) is 7.01. The van der Waals surface area contributed by atoms with Crippen molar-refractivity contribution < 1.29 is 0 Å². The Labute approximate surface area is 118 Å². The zero-order chi connectivity index (χ0) is 14.1. The predicted molar refractivity (Wildman–Crippen MR) is 80.5 cm³/mol. The van der Waals surface area contributed by atoms with Gasteiger partial charge in [0.15, 0.2) is 0 Å². The third-order valence-corrected chi connectivity index (χ3v) is 4.03. The summed E-state index contributed by atoms with van der Waals surface area (Å²) in [5.41, 5.74) is 7.58. The van der Waals surface area contributed by atoms with Crippen molar-refractivity contribution in [3.8, 4) is 6.07 Å². The molecular weight excluding hydrogens is 248 g/mol. The monoisotopic (exact) mass is 266 g/mol. The summed E-state index contributed by atoms with van der Waals surface area (Å²) in [6, 6.07) is 12.6. The number of aromatic nitrogens is 1. The summed E-state index contributed by atoms with van der Waals surface area (Å²) >= 11 is 0. The first-order chi connectivity index (χ1) is 9.69. The van der Waals surface area contributed by atoms with E-state index in [4.69, 9.17) is 10.7 Å². The molecule has 2 atom stereocenters. The molecule has 4 nitrogen and oxygen atoms in total. The molecule has 1 aromatic carbocycles. The summed E-state index contributed by atoms with van der Waals surface area (Å²) in [5, 5.41) is 10.3. The molecule has 1 aromatic heterocycles. The third kappa shape index (κ3) is 2.21. The van der Waals surface area contributed by atoms with Crippen molar-refractivity contribution in [1.29, 1.82) is 5.26 Å². The second-order valence-electron chi connectivity index (χ2n) is 5.48. The summed E-state index contributed by atoms with van der Waals surface area (Å²) in [7, 11) is 0. The van der Waals surface area contributed by atoms with Crippen molar-refractivity contribution in [3.63, 3.8) is 0 Å². The Morgan fingerprint density at radius 3 is 2.95 bits per heavy atom. The lowest BCUT2D eigenvalue weighted by Gasteiger charge is -2.37. The van der Waals surface area contributed by atoms with E-state index >= 15 is 0 Å². The number of hydrogen-bond acceptors (Lipinski definition) is 4. The quantitative estimate of drug-likeness (QED) is 0.861. The first-order valence-electron chi connectivity index (χ1n) is 7.01. The van der Waals surface area contributed by atoms with Gasteiger partial charge in [-0.25, -0.2) is 4.98 Å². The van der Waals surface area contributed by atoms with Crippen molar-refractivity contribution in [3.05, 3.63) is 35.9 Å². The minimum atomic E-state index is 0.275. The van der Waals surface area contributed by atoms with E-state index in [1.807, 2.05) is 30.3 Å². The Hall–Kier alpha value is -2.12. The Morgan fingerprint density at radius 1 is 1.40 bits per heavy atom. The van der Waals surface area contributed by atoms with Crippen molar-refractivity contribution in [2.45, 2.75) is 31.8 Å². The molecule has 1 fully saturated rings. The van der Waals surface area contributed by atoms with Crippen molar-refractivity contribution in [2.75, 3.05) is 11.4 Å². The highest BCUT2D eigenvalue weighted by Crippen LogP contribution is 2.27. The van der Waals surface area contributed by atoms with E-state index < -0.39 is 0 Å². The van der Waals surface area contributed by atoms with Crippen molar-refractivity contribution in [2.24, 2.45) is 5.73 Å². The summed E-state index contributed by atoms with van der Waals surface area (Å²) in [6.07, 6.45) is 1.94. The lowest BCUT2D eigenvalue weighted by Crippen LogP contribution is -2.46. The molecule has 1 aliphatic heterocycles. The first kappa shape index (κ1) is 12.9. The van der Waals surface area contributed by atoms with Crippen molar-refractivity contribution in [1.82, 2.24) is 4.98 Å². The van der Waals surface area contributed by atoms with Crippen LogP contribution in [0.2, 0.25) is 0 Å². The molecule has 0 saturated carbocycles. The van der Waals surface area contributed by atoms with Crippen LogP contribution < -0.4 is 10.6 Å². The van der Waals surface area contributed by atoms with Crippen molar-refractivity contribution >= 4 is 16.7 Å². The number of piperidine rings is 1. The predicted octanol–water partition coefficient (Wildman–Crippen LogP) is 2.42. The van der Waals surface area contributed by atoms with Gasteiger partial charge in [-0.05, 0) is 31.9 Å². The lowest BCUT2D eigenvalue weighted by atomic mass is 9.99. The van der Waals surface area contributed by atoms with Gasteiger partial charge in [-0.2, -0.15) is 5.26 Å². The Morgan fingerprint density at radius 2 is 2.20 bits per heavy atom. The normalized spacial score (nSPS) is 22.8. The fourth-order valence-electron chi connectivity index (χ4n) is 2.95. The molecule has 2 aromatic rings. The topological polar surface area (TPSA) is 65.9 Å². The molecule has 0 bridgehead atoms.